The molecule has 2 aromatic carbocycles. The van der Waals surface area contributed by atoms with Crippen LogP contribution in [0.2, 0.25) is 0 Å². The number of carbonyl (C=O) groups is 1. The van der Waals surface area contributed by atoms with Crippen molar-refractivity contribution in [1.82, 2.24) is 25.5 Å². The van der Waals surface area contributed by atoms with Crippen molar-refractivity contribution < 1.29 is 13.9 Å². The van der Waals surface area contributed by atoms with Crippen LogP contribution in [0.3, 0.4) is 0 Å². The van der Waals surface area contributed by atoms with Crippen molar-refractivity contribution in [3.63, 3.8) is 0 Å². The van der Waals surface area contributed by atoms with Crippen LogP contribution in [-0.4, -0.2) is 32.7 Å². The number of ether oxygens (including phenoxy) is 1. The Balaban J connectivity index is 1.58. The molecule has 0 aliphatic carbocycles. The number of nitrogens with one attached hydrogen (secondary N) is 1. The number of carbonyl (C=O) groups excluding carboxylic acids is 1. The van der Waals surface area contributed by atoms with E-state index in [-0.39, 0.29) is 24.3 Å². The Kier molecular flexibility index (Phi) is 5.75. The zero-order chi connectivity index (χ0) is 19.2. The summed E-state index contributed by atoms with van der Waals surface area (Å²) >= 11 is 0. The molecule has 0 spiro atoms. The van der Waals surface area contributed by atoms with Gasteiger partial charge in [0.25, 0.3) is 0 Å². The second-order valence-corrected chi connectivity index (χ2v) is 5.94. The van der Waals surface area contributed by atoms with Crippen LogP contribution >= 0.6 is 0 Å². The van der Waals surface area contributed by atoms with E-state index in [1.54, 1.807) is 12.1 Å². The number of nitrogens with zero attached hydrogens (tertiary/aromatic N) is 4. The number of amides is 1. The molecule has 0 radical (unpaired) electrons. The molecule has 3 rings (SSSR count). The van der Waals surface area contributed by atoms with Crippen LogP contribution in [0.15, 0.2) is 48.5 Å². The Morgan fingerprint density at radius 1 is 1.19 bits per heavy atom. The smallest absolute Gasteiger partial charge is 0.244 e. The fourth-order valence-electron chi connectivity index (χ4n) is 2.54. The van der Waals surface area contributed by atoms with Crippen molar-refractivity contribution >= 4 is 5.91 Å². The molecule has 1 unspecified atom stereocenters. The molecule has 1 amide bonds. The predicted molar refractivity (Wildman–Crippen MR) is 97.4 cm³/mol. The molecule has 3 aromatic rings. The first kappa shape index (κ1) is 18.5. The van der Waals surface area contributed by atoms with Crippen LogP contribution in [0.5, 0.6) is 5.75 Å². The molecule has 1 aromatic heterocycles. The largest absolute Gasteiger partial charge is 0.494 e. The van der Waals surface area contributed by atoms with E-state index < -0.39 is 0 Å². The third-order valence-electron chi connectivity index (χ3n) is 3.91. The number of aromatic nitrogens is 4. The SMILES string of the molecule is CCOc1ccc(C(C)NC(=O)Cn2nnc(-c3ccc(F)cc3)n2)cc1. The van der Waals surface area contributed by atoms with Crippen LogP contribution in [0.25, 0.3) is 11.4 Å². The highest BCUT2D eigenvalue weighted by molar-refractivity contribution is 5.76. The lowest BCUT2D eigenvalue weighted by molar-refractivity contribution is -0.122. The van der Waals surface area contributed by atoms with E-state index in [2.05, 4.69) is 20.7 Å². The van der Waals surface area contributed by atoms with Gasteiger partial charge >= 0.3 is 0 Å². The van der Waals surface area contributed by atoms with Crippen molar-refractivity contribution in [2.24, 2.45) is 0 Å². The first-order chi connectivity index (χ1) is 13.0. The molecule has 140 valence electrons. The minimum atomic E-state index is -0.339. The first-order valence-electron chi connectivity index (χ1n) is 8.61. The van der Waals surface area contributed by atoms with E-state index in [0.717, 1.165) is 11.3 Å². The average molecular weight is 369 g/mol. The molecule has 0 fully saturated rings. The molecule has 0 bridgehead atoms. The van der Waals surface area contributed by atoms with Gasteiger partial charge in [-0.3, -0.25) is 4.79 Å². The molecular weight excluding hydrogens is 349 g/mol. The molecule has 0 aliphatic rings. The molecule has 1 heterocycles. The predicted octanol–water partition coefficient (Wildman–Crippen LogP) is 2.76. The van der Waals surface area contributed by atoms with E-state index in [4.69, 9.17) is 4.74 Å². The molecule has 0 aliphatic heterocycles. The summed E-state index contributed by atoms with van der Waals surface area (Å²) in [5.41, 5.74) is 1.59. The van der Waals surface area contributed by atoms with Crippen molar-refractivity contribution in [3.8, 4) is 17.1 Å². The second kappa shape index (κ2) is 8.39. The Hall–Kier alpha value is -3.29. The molecule has 8 heteroatoms. The van der Waals surface area contributed by atoms with Gasteiger partial charge in [-0.15, -0.1) is 10.2 Å². The van der Waals surface area contributed by atoms with Crippen molar-refractivity contribution in [2.75, 3.05) is 6.61 Å². The highest BCUT2D eigenvalue weighted by Crippen LogP contribution is 2.18. The van der Waals surface area contributed by atoms with Gasteiger partial charge in [0.05, 0.1) is 12.6 Å². The molecule has 1 atom stereocenters. The van der Waals surface area contributed by atoms with E-state index >= 15 is 0 Å². The number of tetrazole rings is 1. The standard InChI is InChI=1S/C19H20FN5O2/c1-3-27-17-10-6-14(7-11-17)13(2)21-18(26)12-25-23-19(22-24-25)15-4-8-16(20)9-5-15/h4-11,13H,3,12H2,1-2H3,(H,21,26). The minimum Gasteiger partial charge on any atom is -0.494 e. The van der Waals surface area contributed by atoms with Gasteiger partial charge in [-0.05, 0) is 61.0 Å². The van der Waals surface area contributed by atoms with E-state index in [1.807, 2.05) is 38.1 Å². The van der Waals surface area contributed by atoms with Crippen molar-refractivity contribution in [2.45, 2.75) is 26.4 Å². The Labute approximate surface area is 156 Å². The normalized spacial score (nSPS) is 11.8. The number of rotatable bonds is 7. The molecular formula is C19H20FN5O2. The van der Waals surface area contributed by atoms with Gasteiger partial charge in [-0.2, -0.15) is 4.80 Å². The summed E-state index contributed by atoms with van der Waals surface area (Å²) in [7, 11) is 0. The van der Waals surface area contributed by atoms with Crippen molar-refractivity contribution in [3.05, 3.63) is 59.9 Å². The van der Waals surface area contributed by atoms with Gasteiger partial charge in [0, 0.05) is 5.56 Å². The lowest BCUT2D eigenvalue weighted by Gasteiger charge is -2.14. The fraction of sp³-hybridized carbons (Fsp3) is 0.263. The number of halogens is 1. The molecule has 0 saturated heterocycles. The van der Waals surface area contributed by atoms with Gasteiger partial charge < -0.3 is 10.1 Å². The number of benzene rings is 2. The average Bonchev–Trinajstić information content (AvgIpc) is 3.11. The van der Waals surface area contributed by atoms with Crippen LogP contribution in [-0.2, 0) is 11.3 Å². The van der Waals surface area contributed by atoms with Crippen molar-refractivity contribution in [1.29, 1.82) is 0 Å². The Morgan fingerprint density at radius 3 is 2.56 bits per heavy atom. The quantitative estimate of drug-likeness (QED) is 0.692. The van der Waals surface area contributed by atoms with Crippen LogP contribution in [0.4, 0.5) is 4.39 Å². The highest BCUT2D eigenvalue weighted by atomic mass is 19.1. The molecule has 27 heavy (non-hydrogen) atoms. The van der Waals surface area contributed by atoms with Gasteiger partial charge in [-0.1, -0.05) is 12.1 Å². The van der Waals surface area contributed by atoms with Gasteiger partial charge in [0.15, 0.2) is 0 Å². The lowest BCUT2D eigenvalue weighted by atomic mass is 10.1. The maximum absolute atomic E-state index is 13.0. The van der Waals surface area contributed by atoms with Gasteiger partial charge in [-0.25, -0.2) is 4.39 Å². The van der Waals surface area contributed by atoms with E-state index in [9.17, 15) is 9.18 Å². The van der Waals surface area contributed by atoms with E-state index in [0.29, 0.717) is 18.0 Å². The Morgan fingerprint density at radius 2 is 1.89 bits per heavy atom. The topological polar surface area (TPSA) is 81.9 Å². The monoisotopic (exact) mass is 369 g/mol. The molecule has 7 nitrogen and oxygen atoms in total. The molecule has 0 saturated carbocycles. The van der Waals surface area contributed by atoms with E-state index in [1.165, 1.54) is 16.9 Å². The fourth-order valence-corrected chi connectivity index (χ4v) is 2.54. The second-order valence-electron chi connectivity index (χ2n) is 5.94. The summed E-state index contributed by atoms with van der Waals surface area (Å²) in [5, 5.41) is 14.8. The first-order valence-corrected chi connectivity index (χ1v) is 8.61. The summed E-state index contributed by atoms with van der Waals surface area (Å²) in [5.74, 6) is 0.551. The summed E-state index contributed by atoms with van der Waals surface area (Å²) < 4.78 is 18.4. The number of hydrogen-bond acceptors (Lipinski definition) is 5. The zero-order valence-electron chi connectivity index (χ0n) is 15.1. The van der Waals surface area contributed by atoms with Crippen LogP contribution in [0, 0.1) is 5.82 Å². The highest BCUT2D eigenvalue weighted by Gasteiger charge is 2.13. The minimum absolute atomic E-state index is 0.0600. The van der Waals surface area contributed by atoms with Crippen LogP contribution in [0.1, 0.15) is 25.5 Å². The maximum Gasteiger partial charge on any atom is 0.244 e. The van der Waals surface area contributed by atoms with Gasteiger partial charge in [0.1, 0.15) is 18.1 Å². The lowest BCUT2D eigenvalue weighted by Crippen LogP contribution is -2.30. The maximum atomic E-state index is 13.0. The Bertz CT molecular complexity index is 893. The zero-order valence-corrected chi connectivity index (χ0v) is 15.1. The number of hydrogen-bond donors (Lipinski definition) is 1. The molecule has 1 N–H and O–H groups in total. The summed E-state index contributed by atoms with van der Waals surface area (Å²) in [6.45, 7) is 4.37. The van der Waals surface area contributed by atoms with Gasteiger partial charge in [0.2, 0.25) is 11.7 Å². The van der Waals surface area contributed by atoms with Crippen LogP contribution < -0.4 is 10.1 Å². The summed E-state index contributed by atoms with van der Waals surface area (Å²) in [6.07, 6.45) is 0. The summed E-state index contributed by atoms with van der Waals surface area (Å²) in [4.78, 5) is 13.4. The third kappa shape index (κ3) is 4.87. The summed E-state index contributed by atoms with van der Waals surface area (Å²) in [6, 6.07) is 13.2. The third-order valence-corrected chi connectivity index (χ3v) is 3.91.